The zero-order valence-electron chi connectivity index (χ0n) is 13.3. The van der Waals surface area contributed by atoms with E-state index in [2.05, 4.69) is 39.6 Å². The van der Waals surface area contributed by atoms with E-state index in [1.165, 1.54) is 5.56 Å². The van der Waals surface area contributed by atoms with Gasteiger partial charge < -0.3 is 20.1 Å². The highest BCUT2D eigenvalue weighted by atomic mass is 79.9. The van der Waals surface area contributed by atoms with Gasteiger partial charge in [-0.25, -0.2) is 0 Å². The molecule has 122 valence electrons. The Hall–Kier alpha value is -1.79. The Balaban J connectivity index is 2.11. The van der Waals surface area contributed by atoms with Crippen LogP contribution in [0.5, 0.6) is 11.5 Å². The highest BCUT2D eigenvalue weighted by molar-refractivity contribution is 9.10. The summed E-state index contributed by atoms with van der Waals surface area (Å²) in [4.78, 5) is 0. The number of hydrogen-bond donors (Lipinski definition) is 2. The minimum atomic E-state index is 0.522. The van der Waals surface area contributed by atoms with Crippen molar-refractivity contribution in [1.82, 2.24) is 0 Å². The maximum atomic E-state index is 5.39. The molecule has 0 amide bonds. The van der Waals surface area contributed by atoms with Gasteiger partial charge in [0.25, 0.3) is 0 Å². The minimum Gasteiger partial charge on any atom is -0.493 e. The first-order valence-corrected chi connectivity index (χ1v) is 8.36. The van der Waals surface area contributed by atoms with E-state index in [1.807, 2.05) is 30.3 Å². The molecule has 0 aliphatic carbocycles. The summed E-state index contributed by atoms with van der Waals surface area (Å²) in [5, 5.41) is 6.91. The number of methoxy groups -OCH3 is 2. The predicted molar refractivity (Wildman–Crippen MR) is 103 cm³/mol. The molecule has 6 heteroatoms. The minimum absolute atomic E-state index is 0.522. The third-order valence-corrected chi connectivity index (χ3v) is 4.04. The smallest absolute Gasteiger partial charge is 0.175 e. The largest absolute Gasteiger partial charge is 0.493 e. The molecule has 0 bridgehead atoms. The number of ether oxygens (including phenoxy) is 2. The second-order valence-electron chi connectivity index (χ2n) is 4.80. The highest BCUT2D eigenvalue weighted by Gasteiger charge is 2.07. The molecule has 0 atom stereocenters. The summed E-state index contributed by atoms with van der Waals surface area (Å²) in [6.45, 7) is 2.11. The Kier molecular flexibility index (Phi) is 6.24. The summed E-state index contributed by atoms with van der Waals surface area (Å²) in [7, 11) is 3.21. The quantitative estimate of drug-likeness (QED) is 0.710. The van der Waals surface area contributed by atoms with E-state index in [0.29, 0.717) is 16.6 Å². The molecule has 0 saturated heterocycles. The SMILES string of the molecule is CCc1cc(Br)ccc1NC(=S)Nc1ccc(OC)c(OC)c1. The molecule has 2 aromatic rings. The van der Waals surface area contributed by atoms with Crippen molar-refractivity contribution in [3.63, 3.8) is 0 Å². The molecule has 0 spiro atoms. The zero-order chi connectivity index (χ0) is 16.8. The van der Waals surface area contributed by atoms with Crippen LogP contribution in [0.2, 0.25) is 0 Å². The number of hydrogen-bond acceptors (Lipinski definition) is 3. The van der Waals surface area contributed by atoms with Crippen molar-refractivity contribution in [2.75, 3.05) is 24.9 Å². The van der Waals surface area contributed by atoms with Gasteiger partial charge in [0.1, 0.15) is 0 Å². The summed E-state index contributed by atoms with van der Waals surface area (Å²) in [6, 6.07) is 11.6. The van der Waals surface area contributed by atoms with Crippen molar-refractivity contribution in [3.8, 4) is 11.5 Å². The molecular formula is C17H19BrN2O2S. The maximum Gasteiger partial charge on any atom is 0.175 e. The Labute approximate surface area is 150 Å². The molecule has 0 aliphatic rings. The Morgan fingerprint density at radius 1 is 1.04 bits per heavy atom. The summed E-state index contributed by atoms with van der Waals surface area (Å²) in [5.41, 5.74) is 3.01. The number of halogens is 1. The van der Waals surface area contributed by atoms with Gasteiger partial charge in [-0.1, -0.05) is 22.9 Å². The first-order chi connectivity index (χ1) is 11.1. The summed E-state index contributed by atoms with van der Waals surface area (Å²) in [6.07, 6.45) is 0.917. The molecule has 23 heavy (non-hydrogen) atoms. The van der Waals surface area contributed by atoms with Crippen LogP contribution >= 0.6 is 28.1 Å². The Bertz CT molecular complexity index is 707. The molecule has 0 radical (unpaired) electrons. The molecule has 2 aromatic carbocycles. The number of rotatable bonds is 5. The third-order valence-electron chi connectivity index (χ3n) is 3.34. The maximum absolute atomic E-state index is 5.39. The van der Waals surface area contributed by atoms with Gasteiger partial charge in [0.2, 0.25) is 0 Å². The van der Waals surface area contributed by atoms with Crippen LogP contribution in [0.15, 0.2) is 40.9 Å². The van der Waals surface area contributed by atoms with Gasteiger partial charge in [-0.05, 0) is 54.5 Å². The van der Waals surface area contributed by atoms with Crippen molar-refractivity contribution in [1.29, 1.82) is 0 Å². The van der Waals surface area contributed by atoms with E-state index in [9.17, 15) is 0 Å². The molecule has 2 N–H and O–H groups in total. The fourth-order valence-electron chi connectivity index (χ4n) is 2.18. The topological polar surface area (TPSA) is 42.5 Å². The molecule has 0 fully saturated rings. The lowest BCUT2D eigenvalue weighted by Gasteiger charge is -2.15. The second-order valence-corrected chi connectivity index (χ2v) is 6.13. The fraction of sp³-hybridized carbons (Fsp3) is 0.235. The van der Waals surface area contributed by atoms with Crippen molar-refractivity contribution in [3.05, 3.63) is 46.4 Å². The van der Waals surface area contributed by atoms with Crippen molar-refractivity contribution in [2.24, 2.45) is 0 Å². The van der Waals surface area contributed by atoms with Crippen molar-refractivity contribution in [2.45, 2.75) is 13.3 Å². The van der Waals surface area contributed by atoms with Crippen molar-refractivity contribution < 1.29 is 9.47 Å². The van der Waals surface area contributed by atoms with Crippen LogP contribution in [0, 0.1) is 0 Å². The van der Waals surface area contributed by atoms with Gasteiger partial charge in [0, 0.05) is 21.9 Å². The lowest BCUT2D eigenvalue weighted by molar-refractivity contribution is 0.355. The van der Waals surface area contributed by atoms with Gasteiger partial charge in [-0.2, -0.15) is 0 Å². The van der Waals surface area contributed by atoms with Gasteiger partial charge in [-0.15, -0.1) is 0 Å². The average molecular weight is 395 g/mol. The van der Waals surface area contributed by atoms with Crippen molar-refractivity contribution >= 4 is 44.6 Å². The third kappa shape index (κ3) is 4.59. The zero-order valence-corrected chi connectivity index (χ0v) is 15.7. The van der Waals surface area contributed by atoms with Gasteiger partial charge in [0.15, 0.2) is 16.6 Å². The number of thiocarbonyl (C=S) groups is 1. The van der Waals surface area contributed by atoms with E-state index in [0.717, 1.165) is 22.3 Å². The fourth-order valence-corrected chi connectivity index (χ4v) is 2.81. The molecule has 0 unspecified atom stereocenters. The number of benzene rings is 2. The van der Waals surface area contributed by atoms with Gasteiger partial charge in [0.05, 0.1) is 14.2 Å². The van der Waals surface area contributed by atoms with Crippen LogP contribution in [-0.2, 0) is 6.42 Å². The van der Waals surface area contributed by atoms with E-state index in [1.54, 1.807) is 14.2 Å². The average Bonchev–Trinajstić information content (AvgIpc) is 2.56. The predicted octanol–water partition coefficient (Wildman–Crippen LogP) is 4.84. The number of nitrogens with one attached hydrogen (secondary N) is 2. The Morgan fingerprint density at radius 3 is 2.43 bits per heavy atom. The van der Waals surface area contributed by atoms with Crippen LogP contribution < -0.4 is 20.1 Å². The molecule has 4 nitrogen and oxygen atoms in total. The molecule has 0 saturated carbocycles. The number of aryl methyl sites for hydroxylation is 1. The number of anilines is 2. The highest BCUT2D eigenvalue weighted by Crippen LogP contribution is 2.30. The summed E-state index contributed by atoms with van der Waals surface area (Å²) < 4.78 is 11.6. The van der Waals surface area contributed by atoms with Crippen LogP contribution in [0.25, 0.3) is 0 Å². The normalized spacial score (nSPS) is 10.1. The lowest BCUT2D eigenvalue weighted by Crippen LogP contribution is -2.20. The summed E-state index contributed by atoms with van der Waals surface area (Å²) in [5.74, 6) is 1.33. The summed E-state index contributed by atoms with van der Waals surface area (Å²) >= 11 is 8.88. The lowest BCUT2D eigenvalue weighted by atomic mass is 10.1. The van der Waals surface area contributed by atoms with Crippen LogP contribution in [0.3, 0.4) is 0 Å². The van der Waals surface area contributed by atoms with Crippen LogP contribution in [-0.4, -0.2) is 19.3 Å². The van der Waals surface area contributed by atoms with Crippen LogP contribution in [0.1, 0.15) is 12.5 Å². The first-order valence-electron chi connectivity index (χ1n) is 7.15. The van der Waals surface area contributed by atoms with E-state index < -0.39 is 0 Å². The molecule has 2 rings (SSSR count). The molecule has 0 heterocycles. The first kappa shape index (κ1) is 17.6. The molecule has 0 aliphatic heterocycles. The van der Waals surface area contributed by atoms with Crippen LogP contribution in [0.4, 0.5) is 11.4 Å². The second kappa shape index (κ2) is 8.17. The van der Waals surface area contributed by atoms with Gasteiger partial charge in [-0.3, -0.25) is 0 Å². The molecular weight excluding hydrogens is 376 g/mol. The van der Waals surface area contributed by atoms with E-state index >= 15 is 0 Å². The molecule has 0 aromatic heterocycles. The van der Waals surface area contributed by atoms with E-state index in [4.69, 9.17) is 21.7 Å². The van der Waals surface area contributed by atoms with E-state index in [-0.39, 0.29) is 0 Å². The van der Waals surface area contributed by atoms with Gasteiger partial charge >= 0.3 is 0 Å². The Morgan fingerprint density at radius 2 is 1.78 bits per heavy atom. The monoisotopic (exact) mass is 394 g/mol. The standard InChI is InChI=1S/C17H19BrN2O2S/c1-4-11-9-12(18)5-7-14(11)20-17(23)19-13-6-8-15(21-2)16(10-13)22-3/h5-10H,4H2,1-3H3,(H2,19,20,23).